The third kappa shape index (κ3) is 4.45. The summed E-state index contributed by atoms with van der Waals surface area (Å²) in [5.74, 6) is -0.138. The van der Waals surface area contributed by atoms with E-state index in [4.69, 9.17) is 5.73 Å². The van der Waals surface area contributed by atoms with E-state index in [9.17, 15) is 9.18 Å². The molecule has 0 radical (unpaired) electrons. The van der Waals surface area contributed by atoms with Crippen LogP contribution in [0.5, 0.6) is 0 Å². The highest BCUT2D eigenvalue weighted by Crippen LogP contribution is 2.14. The second-order valence-corrected chi connectivity index (χ2v) is 4.96. The fourth-order valence-corrected chi connectivity index (χ4v) is 1.61. The van der Waals surface area contributed by atoms with Gasteiger partial charge in [0.25, 0.3) is 0 Å². The molecule has 1 rings (SSSR count). The molecule has 0 aliphatic carbocycles. The third-order valence-corrected chi connectivity index (χ3v) is 3.00. The summed E-state index contributed by atoms with van der Waals surface area (Å²) >= 11 is 0. The Kier molecular flexibility index (Phi) is 5.28. The van der Waals surface area contributed by atoms with E-state index in [-0.39, 0.29) is 36.1 Å². The van der Waals surface area contributed by atoms with Crippen molar-refractivity contribution in [1.29, 1.82) is 0 Å². The molecule has 100 valence electrons. The highest BCUT2D eigenvalue weighted by atomic mass is 19.1. The number of carbonyl (C=O) groups is 1. The summed E-state index contributed by atoms with van der Waals surface area (Å²) in [4.78, 5) is 11.7. The molecule has 4 heteroatoms. The van der Waals surface area contributed by atoms with Crippen molar-refractivity contribution in [3.63, 3.8) is 0 Å². The van der Waals surface area contributed by atoms with Gasteiger partial charge >= 0.3 is 0 Å². The minimum absolute atomic E-state index is 0.104. The van der Waals surface area contributed by atoms with Crippen molar-refractivity contribution < 1.29 is 9.18 Å². The SMILES string of the molecule is CC(C)C(N)CC(=O)N[C@@H](C)c1cccc(F)c1. The van der Waals surface area contributed by atoms with Crippen molar-refractivity contribution in [2.24, 2.45) is 11.7 Å². The van der Waals surface area contributed by atoms with Crippen LogP contribution in [0.3, 0.4) is 0 Å². The average Bonchev–Trinajstić information content (AvgIpc) is 2.28. The van der Waals surface area contributed by atoms with Crippen LogP contribution in [0, 0.1) is 11.7 Å². The summed E-state index contributed by atoms with van der Waals surface area (Å²) in [6, 6.07) is 5.86. The highest BCUT2D eigenvalue weighted by Gasteiger charge is 2.15. The normalized spacial score (nSPS) is 14.3. The van der Waals surface area contributed by atoms with Crippen LogP contribution in [0.4, 0.5) is 4.39 Å². The maximum atomic E-state index is 13.0. The molecular weight excluding hydrogens is 231 g/mol. The minimum Gasteiger partial charge on any atom is -0.350 e. The lowest BCUT2D eigenvalue weighted by molar-refractivity contribution is -0.122. The number of rotatable bonds is 5. The van der Waals surface area contributed by atoms with Gasteiger partial charge in [0.1, 0.15) is 5.82 Å². The van der Waals surface area contributed by atoms with Crippen molar-refractivity contribution in [1.82, 2.24) is 5.32 Å². The van der Waals surface area contributed by atoms with Crippen molar-refractivity contribution >= 4 is 5.91 Å². The highest BCUT2D eigenvalue weighted by molar-refractivity contribution is 5.77. The van der Waals surface area contributed by atoms with E-state index in [2.05, 4.69) is 5.32 Å². The zero-order chi connectivity index (χ0) is 13.7. The zero-order valence-electron chi connectivity index (χ0n) is 11.1. The fraction of sp³-hybridized carbons (Fsp3) is 0.500. The molecule has 0 spiro atoms. The lowest BCUT2D eigenvalue weighted by Crippen LogP contribution is -2.35. The smallest absolute Gasteiger partial charge is 0.222 e. The molecule has 1 unspecified atom stereocenters. The number of halogens is 1. The summed E-state index contributed by atoms with van der Waals surface area (Å²) in [6.45, 7) is 5.79. The maximum absolute atomic E-state index is 13.0. The Hall–Kier alpha value is -1.42. The molecule has 3 nitrogen and oxygen atoms in total. The Balaban J connectivity index is 2.54. The molecule has 0 aliphatic rings. The summed E-state index contributed by atoms with van der Waals surface area (Å²) in [6.07, 6.45) is 0.289. The molecule has 0 bridgehead atoms. The van der Waals surface area contributed by atoms with Gasteiger partial charge in [-0.15, -0.1) is 0 Å². The van der Waals surface area contributed by atoms with E-state index in [1.165, 1.54) is 12.1 Å². The maximum Gasteiger partial charge on any atom is 0.222 e. The zero-order valence-corrected chi connectivity index (χ0v) is 11.1. The Labute approximate surface area is 108 Å². The van der Waals surface area contributed by atoms with Crippen LogP contribution in [0.1, 0.15) is 38.8 Å². The Morgan fingerprint density at radius 3 is 2.61 bits per heavy atom. The monoisotopic (exact) mass is 252 g/mol. The van der Waals surface area contributed by atoms with Gasteiger partial charge in [-0.05, 0) is 30.5 Å². The first-order valence-corrected chi connectivity index (χ1v) is 6.20. The molecule has 1 aromatic rings. The van der Waals surface area contributed by atoms with Gasteiger partial charge in [0.15, 0.2) is 0 Å². The third-order valence-electron chi connectivity index (χ3n) is 3.00. The predicted octanol–water partition coefficient (Wildman–Crippen LogP) is 2.38. The summed E-state index contributed by atoms with van der Waals surface area (Å²) in [7, 11) is 0. The van der Waals surface area contributed by atoms with E-state index in [1.807, 2.05) is 20.8 Å². The summed E-state index contributed by atoms with van der Waals surface area (Å²) in [5.41, 5.74) is 6.59. The minimum atomic E-state index is -0.299. The lowest BCUT2D eigenvalue weighted by atomic mass is 10.0. The van der Waals surface area contributed by atoms with Crippen LogP contribution >= 0.6 is 0 Å². The van der Waals surface area contributed by atoms with Gasteiger partial charge in [-0.25, -0.2) is 4.39 Å². The topological polar surface area (TPSA) is 55.1 Å². The first-order valence-electron chi connectivity index (χ1n) is 6.20. The molecular formula is C14H21FN2O. The van der Waals surface area contributed by atoms with Gasteiger partial charge < -0.3 is 11.1 Å². The lowest BCUT2D eigenvalue weighted by Gasteiger charge is -2.18. The van der Waals surface area contributed by atoms with Gasteiger partial charge in [0, 0.05) is 12.5 Å². The van der Waals surface area contributed by atoms with Gasteiger partial charge in [-0.2, -0.15) is 0 Å². The molecule has 0 heterocycles. The summed E-state index contributed by atoms with van der Waals surface area (Å²) in [5, 5.41) is 2.82. The number of carbonyl (C=O) groups excluding carboxylic acids is 1. The fourth-order valence-electron chi connectivity index (χ4n) is 1.61. The van der Waals surface area contributed by atoms with E-state index in [1.54, 1.807) is 12.1 Å². The molecule has 1 aromatic carbocycles. The van der Waals surface area contributed by atoms with Gasteiger partial charge in [0.05, 0.1) is 6.04 Å². The second kappa shape index (κ2) is 6.50. The van der Waals surface area contributed by atoms with Gasteiger partial charge in [-0.3, -0.25) is 4.79 Å². The largest absolute Gasteiger partial charge is 0.350 e. The number of hydrogen-bond donors (Lipinski definition) is 2. The van der Waals surface area contributed by atoms with Crippen LogP contribution in [-0.4, -0.2) is 11.9 Å². The molecule has 2 atom stereocenters. The molecule has 0 aromatic heterocycles. The molecule has 3 N–H and O–H groups in total. The number of benzene rings is 1. The molecule has 0 saturated heterocycles. The van der Waals surface area contributed by atoms with Crippen LogP contribution in [-0.2, 0) is 4.79 Å². The Bertz CT molecular complexity index is 407. The first kappa shape index (κ1) is 14.6. The van der Waals surface area contributed by atoms with Gasteiger partial charge in [0.2, 0.25) is 5.91 Å². The molecule has 0 saturated carbocycles. The molecule has 1 amide bonds. The van der Waals surface area contributed by atoms with Crippen LogP contribution in [0.15, 0.2) is 24.3 Å². The van der Waals surface area contributed by atoms with E-state index >= 15 is 0 Å². The number of amides is 1. The second-order valence-electron chi connectivity index (χ2n) is 4.96. The summed E-state index contributed by atoms with van der Waals surface area (Å²) < 4.78 is 13.0. The standard InChI is InChI=1S/C14H21FN2O/c1-9(2)13(16)8-14(18)17-10(3)11-5-4-6-12(15)7-11/h4-7,9-10,13H,8,16H2,1-3H3,(H,17,18)/t10-,13?/m0/s1. The van der Waals surface area contributed by atoms with Crippen LogP contribution in [0.25, 0.3) is 0 Å². The van der Waals surface area contributed by atoms with E-state index in [0.29, 0.717) is 0 Å². The van der Waals surface area contributed by atoms with Crippen molar-refractivity contribution in [2.75, 3.05) is 0 Å². The first-order chi connectivity index (χ1) is 8.40. The Morgan fingerprint density at radius 2 is 2.06 bits per heavy atom. The van der Waals surface area contributed by atoms with Crippen LogP contribution in [0.2, 0.25) is 0 Å². The number of hydrogen-bond acceptors (Lipinski definition) is 2. The van der Waals surface area contributed by atoms with E-state index < -0.39 is 0 Å². The quantitative estimate of drug-likeness (QED) is 0.845. The molecule has 0 fully saturated rings. The van der Waals surface area contributed by atoms with Crippen molar-refractivity contribution in [3.8, 4) is 0 Å². The van der Waals surface area contributed by atoms with Crippen molar-refractivity contribution in [2.45, 2.75) is 39.3 Å². The molecule has 18 heavy (non-hydrogen) atoms. The van der Waals surface area contributed by atoms with E-state index in [0.717, 1.165) is 5.56 Å². The van der Waals surface area contributed by atoms with Gasteiger partial charge in [-0.1, -0.05) is 26.0 Å². The predicted molar refractivity (Wildman–Crippen MR) is 70.4 cm³/mol. The Morgan fingerprint density at radius 1 is 1.39 bits per heavy atom. The average molecular weight is 252 g/mol. The number of nitrogens with one attached hydrogen (secondary N) is 1. The van der Waals surface area contributed by atoms with Crippen LogP contribution < -0.4 is 11.1 Å². The molecule has 0 aliphatic heterocycles. The van der Waals surface area contributed by atoms with Crippen molar-refractivity contribution in [3.05, 3.63) is 35.6 Å². The number of nitrogens with two attached hydrogens (primary N) is 1.